The number of amides is 2. The van der Waals surface area contributed by atoms with Crippen molar-refractivity contribution in [1.29, 1.82) is 0 Å². The van der Waals surface area contributed by atoms with Crippen LogP contribution in [-0.4, -0.2) is 21.6 Å². The van der Waals surface area contributed by atoms with Crippen molar-refractivity contribution in [3.05, 3.63) is 99.4 Å². The number of aromatic nitrogens is 2. The summed E-state index contributed by atoms with van der Waals surface area (Å²) in [5, 5.41) is 10.3. The van der Waals surface area contributed by atoms with E-state index in [1.807, 2.05) is 30.3 Å². The molecule has 2 amide bonds. The van der Waals surface area contributed by atoms with Crippen LogP contribution in [-0.2, 0) is 6.54 Å². The number of rotatable bonds is 6. The van der Waals surface area contributed by atoms with E-state index >= 15 is 0 Å². The summed E-state index contributed by atoms with van der Waals surface area (Å²) >= 11 is 7.09. The third-order valence-corrected chi connectivity index (χ3v) is 6.08. The number of nitrogens with one attached hydrogen (secondary N) is 2. The number of halogens is 2. The molecule has 9 heteroatoms. The monoisotopic (exact) mass is 468 g/mol. The predicted octanol–water partition coefficient (Wildman–Crippen LogP) is 5.60. The summed E-state index contributed by atoms with van der Waals surface area (Å²) in [6.07, 6.45) is 3.34. The molecule has 2 aromatic carbocycles. The van der Waals surface area contributed by atoms with Gasteiger partial charge in [-0.2, -0.15) is 5.10 Å². The second-order valence-electron chi connectivity index (χ2n) is 7.07. The Kier molecular flexibility index (Phi) is 6.34. The number of carbonyl (C=O) groups is 2. The molecule has 0 radical (unpaired) electrons. The van der Waals surface area contributed by atoms with Crippen LogP contribution in [0, 0.1) is 12.7 Å². The summed E-state index contributed by atoms with van der Waals surface area (Å²) in [4.78, 5) is 25.7. The number of benzene rings is 2. The van der Waals surface area contributed by atoms with E-state index in [0.717, 1.165) is 29.0 Å². The molecule has 0 atom stereocenters. The first-order chi connectivity index (χ1) is 15.4. The van der Waals surface area contributed by atoms with Crippen molar-refractivity contribution in [3.8, 4) is 0 Å². The minimum absolute atomic E-state index is 0.0151. The van der Waals surface area contributed by atoms with Crippen LogP contribution < -0.4 is 10.6 Å². The fraction of sp³-hybridized carbons (Fsp3) is 0.0870. The van der Waals surface area contributed by atoms with Gasteiger partial charge in [-0.25, -0.2) is 4.39 Å². The van der Waals surface area contributed by atoms with Gasteiger partial charge in [-0.05, 0) is 42.3 Å². The van der Waals surface area contributed by atoms with Crippen LogP contribution in [0.15, 0.2) is 67.0 Å². The Morgan fingerprint density at radius 2 is 1.88 bits per heavy atom. The zero-order valence-electron chi connectivity index (χ0n) is 16.9. The predicted molar refractivity (Wildman–Crippen MR) is 124 cm³/mol. The Balaban J connectivity index is 1.42. The second-order valence-corrected chi connectivity index (χ2v) is 8.53. The van der Waals surface area contributed by atoms with Gasteiger partial charge in [0, 0.05) is 6.20 Å². The molecule has 0 bridgehead atoms. The van der Waals surface area contributed by atoms with Crippen molar-refractivity contribution < 1.29 is 14.0 Å². The molecule has 2 N–H and O–H groups in total. The van der Waals surface area contributed by atoms with Gasteiger partial charge in [-0.15, -0.1) is 11.3 Å². The van der Waals surface area contributed by atoms with Crippen molar-refractivity contribution >= 4 is 45.4 Å². The number of carbonyl (C=O) groups excluding carboxylic acids is 2. The van der Waals surface area contributed by atoms with Gasteiger partial charge in [-0.1, -0.05) is 41.9 Å². The molecule has 4 aromatic rings. The van der Waals surface area contributed by atoms with E-state index in [1.54, 1.807) is 30.1 Å². The van der Waals surface area contributed by atoms with Crippen LogP contribution in [0.25, 0.3) is 0 Å². The molecule has 0 fully saturated rings. The van der Waals surface area contributed by atoms with E-state index in [4.69, 9.17) is 11.6 Å². The lowest BCUT2D eigenvalue weighted by atomic mass is 10.2. The van der Waals surface area contributed by atoms with Gasteiger partial charge >= 0.3 is 0 Å². The topological polar surface area (TPSA) is 76.0 Å². The first-order valence-electron chi connectivity index (χ1n) is 9.63. The molecule has 0 spiro atoms. The van der Waals surface area contributed by atoms with Gasteiger partial charge in [0.15, 0.2) is 0 Å². The molecule has 0 aliphatic carbocycles. The van der Waals surface area contributed by atoms with Crippen LogP contribution in [0.4, 0.5) is 15.1 Å². The third kappa shape index (κ3) is 5.04. The van der Waals surface area contributed by atoms with Gasteiger partial charge in [0.2, 0.25) is 0 Å². The largest absolute Gasteiger partial charge is 0.319 e. The minimum Gasteiger partial charge on any atom is -0.319 e. The number of hydrogen-bond acceptors (Lipinski definition) is 4. The maximum absolute atomic E-state index is 13.2. The molecule has 6 nitrogen and oxygen atoms in total. The fourth-order valence-electron chi connectivity index (χ4n) is 3.09. The van der Waals surface area contributed by atoms with Gasteiger partial charge < -0.3 is 10.6 Å². The number of thiophene rings is 1. The molecule has 0 saturated carbocycles. The molecule has 0 saturated heterocycles. The van der Waals surface area contributed by atoms with Crippen LogP contribution in [0.3, 0.4) is 0 Å². The quantitative estimate of drug-likeness (QED) is 0.387. The molecule has 2 heterocycles. The average molecular weight is 469 g/mol. The van der Waals surface area contributed by atoms with E-state index < -0.39 is 11.7 Å². The lowest BCUT2D eigenvalue weighted by molar-refractivity contribution is 0.102. The van der Waals surface area contributed by atoms with Crippen molar-refractivity contribution in [1.82, 2.24) is 9.78 Å². The number of nitrogens with zero attached hydrogens (tertiary/aromatic N) is 2. The number of hydrogen-bond donors (Lipinski definition) is 2. The number of aryl methyl sites for hydroxylation is 1. The lowest BCUT2D eigenvalue weighted by Gasteiger charge is -2.04. The van der Waals surface area contributed by atoms with E-state index in [2.05, 4.69) is 15.7 Å². The highest BCUT2D eigenvalue weighted by molar-refractivity contribution is 7.18. The van der Waals surface area contributed by atoms with Crippen molar-refractivity contribution in [3.63, 3.8) is 0 Å². The van der Waals surface area contributed by atoms with Crippen molar-refractivity contribution in [2.75, 3.05) is 10.6 Å². The number of anilines is 2. The fourth-order valence-corrected chi connectivity index (χ4v) is 4.31. The molecular weight excluding hydrogens is 451 g/mol. The minimum atomic E-state index is -0.524. The molecule has 2 aromatic heterocycles. The molecule has 162 valence electrons. The lowest BCUT2D eigenvalue weighted by Crippen LogP contribution is -2.12. The second kappa shape index (κ2) is 9.33. The average Bonchev–Trinajstić information content (AvgIpc) is 3.34. The maximum atomic E-state index is 13.2. The van der Waals surface area contributed by atoms with E-state index in [0.29, 0.717) is 27.7 Å². The summed E-state index contributed by atoms with van der Waals surface area (Å²) in [5.41, 5.74) is 2.53. The summed E-state index contributed by atoms with van der Waals surface area (Å²) < 4.78 is 14.9. The highest BCUT2D eigenvalue weighted by Gasteiger charge is 2.18. The third-order valence-electron chi connectivity index (χ3n) is 4.62. The molecule has 32 heavy (non-hydrogen) atoms. The summed E-state index contributed by atoms with van der Waals surface area (Å²) in [5.74, 6) is -1.30. The van der Waals surface area contributed by atoms with Crippen LogP contribution >= 0.6 is 22.9 Å². The van der Waals surface area contributed by atoms with Gasteiger partial charge in [0.1, 0.15) is 5.82 Å². The van der Waals surface area contributed by atoms with Crippen molar-refractivity contribution in [2.24, 2.45) is 0 Å². The van der Waals surface area contributed by atoms with E-state index in [9.17, 15) is 14.0 Å². The highest BCUT2D eigenvalue weighted by Crippen LogP contribution is 2.29. The SMILES string of the molecule is Cc1cc(NC(=O)c2ccc(F)cc2Cl)sc1C(=O)Nc1cnn(Cc2ccccc2)c1. The molecular formula is C23H18ClFN4O2S. The first kappa shape index (κ1) is 21.7. The molecule has 4 rings (SSSR count). The Labute approximate surface area is 192 Å². The van der Waals surface area contributed by atoms with E-state index in [-0.39, 0.29) is 16.5 Å². The summed E-state index contributed by atoms with van der Waals surface area (Å²) in [6.45, 7) is 2.38. The van der Waals surface area contributed by atoms with Crippen molar-refractivity contribution in [2.45, 2.75) is 13.5 Å². The Hall–Kier alpha value is -3.49. The zero-order valence-corrected chi connectivity index (χ0v) is 18.5. The Morgan fingerprint density at radius 1 is 1.09 bits per heavy atom. The molecule has 0 aliphatic heterocycles. The summed E-state index contributed by atoms with van der Waals surface area (Å²) in [7, 11) is 0. The standard InChI is InChI=1S/C23H18ClFN4O2S/c1-14-9-20(28-22(30)18-8-7-16(25)10-19(18)24)32-21(14)23(31)27-17-11-26-29(13-17)12-15-5-3-2-4-6-15/h2-11,13H,12H2,1H3,(H,27,31)(H,28,30). The van der Waals surface area contributed by atoms with E-state index in [1.165, 1.54) is 6.07 Å². The Morgan fingerprint density at radius 3 is 2.62 bits per heavy atom. The van der Waals surface area contributed by atoms with Gasteiger partial charge in [-0.3, -0.25) is 14.3 Å². The first-order valence-corrected chi connectivity index (χ1v) is 10.8. The van der Waals surface area contributed by atoms with Crippen LogP contribution in [0.1, 0.15) is 31.2 Å². The van der Waals surface area contributed by atoms with Gasteiger partial charge in [0.05, 0.1) is 38.9 Å². The molecule has 0 unspecified atom stereocenters. The zero-order chi connectivity index (χ0) is 22.7. The Bertz CT molecular complexity index is 1290. The molecule has 0 aliphatic rings. The normalized spacial score (nSPS) is 10.7. The summed E-state index contributed by atoms with van der Waals surface area (Å²) in [6, 6.07) is 15.1. The maximum Gasteiger partial charge on any atom is 0.266 e. The van der Waals surface area contributed by atoms with Gasteiger partial charge in [0.25, 0.3) is 11.8 Å². The van der Waals surface area contributed by atoms with Crippen LogP contribution in [0.5, 0.6) is 0 Å². The highest BCUT2D eigenvalue weighted by atomic mass is 35.5. The smallest absolute Gasteiger partial charge is 0.266 e. The van der Waals surface area contributed by atoms with Crippen LogP contribution in [0.2, 0.25) is 5.02 Å².